The molecule has 0 unspecified atom stereocenters. The average Bonchev–Trinajstić information content (AvgIpc) is 2.39. The maximum atomic E-state index is 7.44. The third-order valence-electron chi connectivity index (χ3n) is 2.53. The Bertz CT molecular complexity index is 599. The Hall–Kier alpha value is -1.46. The number of benzene rings is 2. The smallest absolute Gasteiger partial charge is 0.123 e. The first-order valence-corrected chi connectivity index (χ1v) is 7.17. The molecule has 0 aliphatic rings. The van der Waals surface area contributed by atoms with Crippen molar-refractivity contribution in [3.8, 4) is 5.75 Å². The van der Waals surface area contributed by atoms with Gasteiger partial charge in [-0.25, -0.2) is 0 Å². The van der Waals surface area contributed by atoms with E-state index in [1.165, 1.54) is 0 Å². The summed E-state index contributed by atoms with van der Waals surface area (Å²) in [5, 5.41) is 7.44. The van der Waals surface area contributed by atoms with E-state index in [1.807, 2.05) is 42.5 Å². The highest BCUT2D eigenvalue weighted by Crippen LogP contribution is 2.31. The van der Waals surface area contributed by atoms with Crippen LogP contribution in [0.3, 0.4) is 0 Å². The fourth-order valence-electron chi connectivity index (χ4n) is 1.56. The molecule has 2 aromatic carbocycles. The van der Waals surface area contributed by atoms with Gasteiger partial charge in [-0.05, 0) is 58.4 Å². The predicted molar refractivity (Wildman–Crippen MR) is 82.3 cm³/mol. The van der Waals surface area contributed by atoms with Crippen LogP contribution in [0.4, 0.5) is 0 Å². The van der Waals surface area contributed by atoms with Crippen LogP contribution in [0.25, 0.3) is 0 Å². The van der Waals surface area contributed by atoms with E-state index in [0.29, 0.717) is 5.56 Å². The van der Waals surface area contributed by atoms with E-state index in [9.17, 15) is 0 Å². The zero-order valence-electron chi connectivity index (χ0n) is 10.3. The van der Waals surface area contributed by atoms with E-state index in [-0.39, 0.29) is 5.84 Å². The highest BCUT2D eigenvalue weighted by Gasteiger charge is 2.05. The molecule has 0 atom stereocenters. The topological polar surface area (TPSA) is 59.1 Å². The summed E-state index contributed by atoms with van der Waals surface area (Å²) in [7, 11) is 1.65. The third-order valence-corrected chi connectivity index (χ3v) is 4.18. The van der Waals surface area contributed by atoms with Gasteiger partial charge in [0.15, 0.2) is 0 Å². The number of hydrogen-bond acceptors (Lipinski definition) is 3. The van der Waals surface area contributed by atoms with Gasteiger partial charge in [0.2, 0.25) is 0 Å². The van der Waals surface area contributed by atoms with Gasteiger partial charge in [-0.3, -0.25) is 5.41 Å². The van der Waals surface area contributed by atoms with E-state index in [0.717, 1.165) is 20.0 Å². The lowest BCUT2D eigenvalue weighted by atomic mass is 10.2. The summed E-state index contributed by atoms with van der Waals surface area (Å²) in [6.45, 7) is 0. The Morgan fingerprint density at radius 1 is 1.16 bits per heavy atom. The van der Waals surface area contributed by atoms with Gasteiger partial charge in [-0.15, -0.1) is 0 Å². The number of rotatable bonds is 4. The second-order valence-electron chi connectivity index (χ2n) is 3.83. The van der Waals surface area contributed by atoms with Gasteiger partial charge in [0.05, 0.1) is 7.11 Å². The summed E-state index contributed by atoms with van der Waals surface area (Å²) < 4.78 is 5.96. The van der Waals surface area contributed by atoms with Crippen molar-refractivity contribution < 1.29 is 4.74 Å². The van der Waals surface area contributed by atoms with E-state index in [2.05, 4.69) is 15.9 Å². The maximum absolute atomic E-state index is 7.44. The lowest BCUT2D eigenvalue weighted by molar-refractivity contribution is 0.414. The average molecular weight is 337 g/mol. The predicted octanol–water partition coefficient (Wildman–Crippen LogP) is 3.89. The van der Waals surface area contributed by atoms with E-state index >= 15 is 0 Å². The summed E-state index contributed by atoms with van der Waals surface area (Å²) in [6.07, 6.45) is 0. The highest BCUT2D eigenvalue weighted by atomic mass is 79.9. The SMILES string of the molecule is COc1ccc(Sc2ccc(C(=N)N)c(Br)c2)cc1. The van der Waals surface area contributed by atoms with E-state index < -0.39 is 0 Å². The molecule has 98 valence electrons. The Labute approximate surface area is 124 Å². The number of nitrogens with one attached hydrogen (secondary N) is 1. The highest BCUT2D eigenvalue weighted by molar-refractivity contribution is 9.10. The lowest BCUT2D eigenvalue weighted by Crippen LogP contribution is -2.11. The van der Waals surface area contributed by atoms with Crippen molar-refractivity contribution in [2.24, 2.45) is 5.73 Å². The van der Waals surface area contributed by atoms with Crippen molar-refractivity contribution in [2.45, 2.75) is 9.79 Å². The van der Waals surface area contributed by atoms with Gasteiger partial charge in [0, 0.05) is 19.8 Å². The van der Waals surface area contributed by atoms with Gasteiger partial charge in [0.25, 0.3) is 0 Å². The van der Waals surface area contributed by atoms with Crippen LogP contribution in [-0.2, 0) is 0 Å². The molecule has 3 N–H and O–H groups in total. The van der Waals surface area contributed by atoms with Crippen LogP contribution < -0.4 is 10.5 Å². The molecule has 3 nitrogen and oxygen atoms in total. The minimum atomic E-state index is 0.0628. The maximum Gasteiger partial charge on any atom is 0.123 e. The zero-order chi connectivity index (χ0) is 13.8. The molecule has 0 aliphatic heterocycles. The summed E-state index contributed by atoms with van der Waals surface area (Å²) in [5.41, 5.74) is 6.19. The molecule has 0 aliphatic carbocycles. The number of ether oxygens (including phenoxy) is 1. The monoisotopic (exact) mass is 336 g/mol. The molecule has 0 bridgehead atoms. The number of halogens is 1. The van der Waals surface area contributed by atoms with E-state index in [1.54, 1.807) is 18.9 Å². The Kier molecular flexibility index (Phi) is 4.50. The number of methoxy groups -OCH3 is 1. The Balaban J connectivity index is 2.18. The van der Waals surface area contributed by atoms with Gasteiger partial charge in [-0.2, -0.15) is 0 Å². The van der Waals surface area contributed by atoms with Crippen molar-refractivity contribution in [3.63, 3.8) is 0 Å². The van der Waals surface area contributed by atoms with Crippen molar-refractivity contribution in [1.82, 2.24) is 0 Å². The van der Waals surface area contributed by atoms with Gasteiger partial charge in [-0.1, -0.05) is 11.8 Å². The molecule has 5 heteroatoms. The molecular formula is C14H13BrN2OS. The fraction of sp³-hybridized carbons (Fsp3) is 0.0714. The van der Waals surface area contributed by atoms with Crippen LogP contribution in [-0.4, -0.2) is 12.9 Å². The number of nitrogen functional groups attached to an aromatic ring is 1. The summed E-state index contributed by atoms with van der Waals surface area (Å²) in [5.74, 6) is 0.908. The van der Waals surface area contributed by atoms with Crippen molar-refractivity contribution in [1.29, 1.82) is 5.41 Å². The first-order chi connectivity index (χ1) is 9.10. The largest absolute Gasteiger partial charge is 0.497 e. The minimum Gasteiger partial charge on any atom is -0.497 e. The molecule has 0 radical (unpaired) electrons. The first kappa shape index (κ1) is 14.0. The molecular weight excluding hydrogens is 324 g/mol. The normalized spacial score (nSPS) is 10.2. The second kappa shape index (κ2) is 6.12. The zero-order valence-corrected chi connectivity index (χ0v) is 12.7. The van der Waals surface area contributed by atoms with Crippen LogP contribution in [0.2, 0.25) is 0 Å². The molecule has 0 saturated carbocycles. The quantitative estimate of drug-likeness (QED) is 0.657. The second-order valence-corrected chi connectivity index (χ2v) is 5.83. The van der Waals surface area contributed by atoms with Crippen LogP contribution in [0, 0.1) is 5.41 Å². The van der Waals surface area contributed by atoms with Crippen molar-refractivity contribution in [3.05, 3.63) is 52.5 Å². The van der Waals surface area contributed by atoms with Crippen LogP contribution in [0.1, 0.15) is 5.56 Å². The molecule has 0 saturated heterocycles. The summed E-state index contributed by atoms with van der Waals surface area (Å²) >= 11 is 5.07. The number of nitrogens with two attached hydrogens (primary N) is 1. The number of hydrogen-bond donors (Lipinski definition) is 2. The van der Waals surface area contributed by atoms with Gasteiger partial charge >= 0.3 is 0 Å². The fourth-order valence-corrected chi connectivity index (χ4v) is 3.16. The van der Waals surface area contributed by atoms with Crippen molar-refractivity contribution in [2.75, 3.05) is 7.11 Å². The summed E-state index contributed by atoms with van der Waals surface area (Å²) in [4.78, 5) is 2.21. The number of amidine groups is 1. The third kappa shape index (κ3) is 3.52. The molecule has 0 fully saturated rings. The van der Waals surface area contributed by atoms with Crippen molar-refractivity contribution >= 4 is 33.5 Å². The molecule has 2 aromatic rings. The molecule has 0 aromatic heterocycles. The van der Waals surface area contributed by atoms with Gasteiger partial charge in [0.1, 0.15) is 11.6 Å². The van der Waals surface area contributed by atoms with Crippen LogP contribution in [0.15, 0.2) is 56.7 Å². The molecule has 0 heterocycles. The minimum absolute atomic E-state index is 0.0628. The standard InChI is InChI=1S/C14H13BrN2OS/c1-18-9-2-4-10(5-3-9)19-11-6-7-12(14(16)17)13(15)8-11/h2-8H,1H3,(H3,16,17). The lowest BCUT2D eigenvalue weighted by Gasteiger charge is -2.06. The van der Waals surface area contributed by atoms with Gasteiger partial charge < -0.3 is 10.5 Å². The van der Waals surface area contributed by atoms with Crippen LogP contribution in [0.5, 0.6) is 5.75 Å². The Morgan fingerprint density at radius 2 is 1.79 bits per heavy atom. The molecule has 0 amide bonds. The Morgan fingerprint density at radius 3 is 2.32 bits per heavy atom. The van der Waals surface area contributed by atoms with E-state index in [4.69, 9.17) is 15.9 Å². The van der Waals surface area contributed by atoms with Crippen LogP contribution >= 0.6 is 27.7 Å². The summed E-state index contributed by atoms with van der Waals surface area (Å²) in [6, 6.07) is 13.6. The molecule has 2 rings (SSSR count). The molecule has 19 heavy (non-hydrogen) atoms. The molecule has 0 spiro atoms. The first-order valence-electron chi connectivity index (χ1n) is 5.56.